The molecule has 0 radical (unpaired) electrons. The third kappa shape index (κ3) is 4.33. The lowest BCUT2D eigenvalue weighted by atomic mass is 10.1. The fraction of sp³-hybridized carbons (Fsp3) is 0.250. The van der Waals surface area contributed by atoms with Gasteiger partial charge in [-0.1, -0.05) is 18.2 Å². The molecule has 0 unspecified atom stereocenters. The van der Waals surface area contributed by atoms with Gasteiger partial charge in [-0.2, -0.15) is 5.10 Å². The van der Waals surface area contributed by atoms with Crippen molar-refractivity contribution in [2.24, 2.45) is 0 Å². The van der Waals surface area contributed by atoms with Gasteiger partial charge in [-0.15, -0.1) is 0 Å². The number of carbonyl (C=O) groups is 1. The van der Waals surface area contributed by atoms with Crippen molar-refractivity contribution in [3.8, 4) is 0 Å². The Hall–Kier alpha value is -3.29. The lowest BCUT2D eigenvalue weighted by molar-refractivity contribution is -0.115. The highest BCUT2D eigenvalue weighted by atomic mass is 19.1. The van der Waals surface area contributed by atoms with Gasteiger partial charge in [0.25, 0.3) is 0 Å². The second-order valence-electron chi connectivity index (χ2n) is 6.78. The van der Waals surface area contributed by atoms with E-state index in [1.165, 1.54) is 12.1 Å². The molecule has 0 spiro atoms. The third-order valence-corrected chi connectivity index (χ3v) is 4.50. The van der Waals surface area contributed by atoms with E-state index < -0.39 is 6.17 Å². The average molecular weight is 383 g/mol. The summed E-state index contributed by atoms with van der Waals surface area (Å²) in [6.07, 6.45) is 2.77. The number of carbonyl (C=O) groups excluding carboxylic acids is 1. The van der Waals surface area contributed by atoms with Crippen LogP contribution in [0.5, 0.6) is 0 Å². The minimum Gasteiger partial charge on any atom is -0.351 e. The zero-order valence-corrected chi connectivity index (χ0v) is 15.1. The first kappa shape index (κ1) is 18.1. The SMILES string of the molecule is O=C(Cc1ccc(N2CC(F)C2)nc1)Nc1ccn(Cc2ccc(F)cc2)n1. The standard InChI is InChI=1S/C20H19F2N5O/c21-16-4-1-14(2-5-16)11-27-8-7-18(25-27)24-20(28)9-15-3-6-19(23-10-15)26-12-17(22)13-26/h1-8,10,17H,9,11-13H2,(H,24,25,28). The first-order valence-electron chi connectivity index (χ1n) is 8.97. The summed E-state index contributed by atoms with van der Waals surface area (Å²) < 4.78 is 27.5. The maximum absolute atomic E-state index is 13.0. The van der Waals surface area contributed by atoms with Gasteiger partial charge >= 0.3 is 0 Å². The Morgan fingerprint density at radius 3 is 2.54 bits per heavy atom. The monoisotopic (exact) mass is 383 g/mol. The van der Waals surface area contributed by atoms with Crippen LogP contribution >= 0.6 is 0 Å². The number of nitrogens with zero attached hydrogens (tertiary/aromatic N) is 4. The van der Waals surface area contributed by atoms with Gasteiger partial charge in [0.1, 0.15) is 17.8 Å². The lowest BCUT2D eigenvalue weighted by Gasteiger charge is -2.35. The van der Waals surface area contributed by atoms with Crippen LogP contribution in [0.1, 0.15) is 11.1 Å². The van der Waals surface area contributed by atoms with Crippen molar-refractivity contribution >= 4 is 17.5 Å². The number of hydrogen-bond donors (Lipinski definition) is 1. The number of hydrogen-bond acceptors (Lipinski definition) is 4. The number of nitrogens with one attached hydrogen (secondary N) is 1. The smallest absolute Gasteiger partial charge is 0.230 e. The molecule has 6 nitrogen and oxygen atoms in total. The van der Waals surface area contributed by atoms with E-state index in [0.717, 1.165) is 16.9 Å². The molecule has 1 saturated heterocycles. The van der Waals surface area contributed by atoms with Gasteiger partial charge in [-0.25, -0.2) is 13.8 Å². The van der Waals surface area contributed by atoms with Crippen LogP contribution in [0.25, 0.3) is 0 Å². The fourth-order valence-electron chi connectivity index (χ4n) is 2.99. The zero-order valence-electron chi connectivity index (χ0n) is 15.1. The summed E-state index contributed by atoms with van der Waals surface area (Å²) in [5.41, 5.74) is 1.68. The van der Waals surface area contributed by atoms with E-state index in [0.29, 0.717) is 25.5 Å². The van der Waals surface area contributed by atoms with E-state index in [9.17, 15) is 13.6 Å². The highest BCUT2D eigenvalue weighted by Gasteiger charge is 2.26. The fourth-order valence-corrected chi connectivity index (χ4v) is 2.99. The summed E-state index contributed by atoms with van der Waals surface area (Å²) in [4.78, 5) is 18.4. The summed E-state index contributed by atoms with van der Waals surface area (Å²) >= 11 is 0. The molecule has 4 rings (SSSR count). The Bertz CT molecular complexity index is 949. The van der Waals surface area contributed by atoms with Crippen LogP contribution in [-0.2, 0) is 17.8 Å². The summed E-state index contributed by atoms with van der Waals surface area (Å²) in [5.74, 6) is 0.689. The highest BCUT2D eigenvalue weighted by molar-refractivity contribution is 5.91. The number of anilines is 2. The largest absolute Gasteiger partial charge is 0.351 e. The van der Waals surface area contributed by atoms with Crippen molar-refractivity contribution in [1.29, 1.82) is 0 Å². The molecule has 1 amide bonds. The van der Waals surface area contributed by atoms with Gasteiger partial charge in [-0.3, -0.25) is 9.48 Å². The van der Waals surface area contributed by atoms with E-state index >= 15 is 0 Å². The van der Waals surface area contributed by atoms with Gasteiger partial charge in [-0.05, 0) is 29.3 Å². The van der Waals surface area contributed by atoms with E-state index in [1.54, 1.807) is 41.3 Å². The average Bonchev–Trinajstić information content (AvgIpc) is 3.08. The molecular weight excluding hydrogens is 364 g/mol. The van der Waals surface area contributed by atoms with E-state index in [2.05, 4.69) is 15.4 Å². The minimum atomic E-state index is -0.782. The van der Waals surface area contributed by atoms with Crippen LogP contribution in [0.3, 0.4) is 0 Å². The topological polar surface area (TPSA) is 63.1 Å². The molecule has 1 aliphatic heterocycles. The second kappa shape index (κ2) is 7.75. The predicted octanol–water partition coefficient (Wildman–Crippen LogP) is 2.80. The summed E-state index contributed by atoms with van der Waals surface area (Å²) in [5, 5.41) is 7.06. The molecule has 144 valence electrons. The van der Waals surface area contributed by atoms with Crippen molar-refractivity contribution in [2.75, 3.05) is 23.3 Å². The van der Waals surface area contributed by atoms with Gasteiger partial charge < -0.3 is 10.2 Å². The molecule has 28 heavy (non-hydrogen) atoms. The second-order valence-corrected chi connectivity index (χ2v) is 6.78. The molecular formula is C20H19F2N5O. The Morgan fingerprint density at radius 2 is 1.86 bits per heavy atom. The molecule has 3 aromatic rings. The van der Waals surface area contributed by atoms with Crippen molar-refractivity contribution in [3.63, 3.8) is 0 Å². The van der Waals surface area contributed by atoms with Crippen LogP contribution in [0.4, 0.5) is 20.4 Å². The molecule has 2 aromatic heterocycles. The quantitative estimate of drug-likeness (QED) is 0.711. The molecule has 0 saturated carbocycles. The van der Waals surface area contributed by atoms with Crippen LogP contribution in [0.15, 0.2) is 54.9 Å². The third-order valence-electron chi connectivity index (χ3n) is 4.50. The Kier molecular flexibility index (Phi) is 5.01. The maximum Gasteiger partial charge on any atom is 0.230 e. The molecule has 1 aromatic carbocycles. The number of pyridine rings is 1. The number of rotatable bonds is 6. The van der Waals surface area contributed by atoms with Crippen molar-refractivity contribution < 1.29 is 13.6 Å². The first-order valence-corrected chi connectivity index (χ1v) is 8.97. The van der Waals surface area contributed by atoms with Crippen LogP contribution in [0.2, 0.25) is 0 Å². The van der Waals surface area contributed by atoms with Crippen LogP contribution in [0, 0.1) is 5.82 Å². The number of amides is 1. The molecule has 0 aliphatic carbocycles. The molecule has 1 N–H and O–H groups in total. The molecule has 1 aliphatic rings. The molecule has 3 heterocycles. The van der Waals surface area contributed by atoms with Crippen molar-refractivity contribution in [1.82, 2.24) is 14.8 Å². The van der Waals surface area contributed by atoms with E-state index in [1.807, 2.05) is 11.0 Å². The predicted molar refractivity (Wildman–Crippen MR) is 101 cm³/mol. The molecule has 8 heteroatoms. The van der Waals surface area contributed by atoms with Crippen LogP contribution in [-0.4, -0.2) is 39.9 Å². The van der Waals surface area contributed by atoms with Crippen molar-refractivity contribution in [2.45, 2.75) is 19.1 Å². The van der Waals surface area contributed by atoms with Gasteiger partial charge in [0.15, 0.2) is 5.82 Å². The number of halogens is 2. The molecule has 1 fully saturated rings. The van der Waals surface area contributed by atoms with E-state index in [-0.39, 0.29) is 18.1 Å². The number of alkyl halides is 1. The highest BCUT2D eigenvalue weighted by Crippen LogP contribution is 2.20. The molecule has 0 atom stereocenters. The Balaban J connectivity index is 1.30. The number of aromatic nitrogens is 3. The zero-order chi connectivity index (χ0) is 19.5. The van der Waals surface area contributed by atoms with Gasteiger partial charge in [0, 0.05) is 18.5 Å². The number of benzene rings is 1. The Labute approximate surface area is 160 Å². The summed E-state index contributed by atoms with van der Waals surface area (Å²) in [6, 6.07) is 11.5. The minimum absolute atomic E-state index is 0.170. The molecule has 0 bridgehead atoms. The summed E-state index contributed by atoms with van der Waals surface area (Å²) in [6.45, 7) is 1.22. The van der Waals surface area contributed by atoms with Crippen molar-refractivity contribution in [3.05, 3.63) is 71.8 Å². The van der Waals surface area contributed by atoms with Gasteiger partial charge in [0.2, 0.25) is 5.91 Å². The normalized spacial score (nSPS) is 14.0. The summed E-state index contributed by atoms with van der Waals surface area (Å²) in [7, 11) is 0. The van der Waals surface area contributed by atoms with Gasteiger partial charge in [0.05, 0.1) is 26.1 Å². The Morgan fingerprint density at radius 1 is 1.11 bits per heavy atom. The van der Waals surface area contributed by atoms with E-state index in [4.69, 9.17) is 0 Å². The lowest BCUT2D eigenvalue weighted by Crippen LogP contribution is -2.48. The maximum atomic E-state index is 13.0. The first-order chi connectivity index (χ1) is 13.5. The van der Waals surface area contributed by atoms with Crippen LogP contribution < -0.4 is 10.2 Å².